The third-order valence-electron chi connectivity index (χ3n) is 4.77. The second kappa shape index (κ2) is 10.6. The lowest BCUT2D eigenvalue weighted by molar-refractivity contribution is -0.894. The van der Waals surface area contributed by atoms with Crippen molar-refractivity contribution in [3.63, 3.8) is 0 Å². The van der Waals surface area contributed by atoms with Crippen LogP contribution in [0.2, 0.25) is 0 Å². The largest absolute Gasteiger partial charge is 0.763 e. The number of quaternary nitrogens is 1. The third kappa shape index (κ3) is 5.76. The molecule has 0 spiro atoms. The van der Waals surface area contributed by atoms with Gasteiger partial charge in [0.15, 0.2) is 0 Å². The molecule has 2 atom stereocenters. The Kier molecular flexibility index (Phi) is 8.77. The molecule has 1 heterocycles. The number of nitriles is 1. The summed E-state index contributed by atoms with van der Waals surface area (Å²) in [5, 5.41) is 19.9. The molecule has 1 aromatic rings. The highest BCUT2D eigenvalue weighted by Gasteiger charge is 2.44. The number of halogens is 3. The summed E-state index contributed by atoms with van der Waals surface area (Å²) >= 11 is 0. The van der Waals surface area contributed by atoms with Crippen molar-refractivity contribution in [1.29, 1.82) is 5.26 Å². The molecule has 2 unspecified atom stereocenters. The maximum atomic E-state index is 13.1. The molecule has 156 valence electrons. The number of imide groups is 1. The van der Waals surface area contributed by atoms with Crippen LogP contribution in [0.25, 0.3) is 5.41 Å². The summed E-state index contributed by atoms with van der Waals surface area (Å²) in [5.74, 6) is -3.74. The van der Waals surface area contributed by atoms with E-state index in [2.05, 4.69) is 20.8 Å². The molecule has 0 aliphatic carbocycles. The van der Waals surface area contributed by atoms with Gasteiger partial charge in [-0.3, -0.25) is 20.8 Å². The number of hydrogen-bond donors (Lipinski definition) is 2. The molecule has 0 bridgehead atoms. The Bertz CT molecular complexity index is 829. The van der Waals surface area contributed by atoms with Gasteiger partial charge in [-0.1, -0.05) is 18.2 Å². The number of carbonyl (C=O) groups excluding carboxylic acids is 2. The molecule has 2 rings (SSSR count). The van der Waals surface area contributed by atoms with Crippen molar-refractivity contribution in [2.45, 2.75) is 32.9 Å². The normalized spacial score (nSPS) is 19.0. The summed E-state index contributed by atoms with van der Waals surface area (Å²) in [7, 11) is 0. The van der Waals surface area contributed by atoms with Crippen LogP contribution in [0.4, 0.5) is 13.2 Å². The molecule has 1 aromatic carbocycles. The Morgan fingerprint density at radius 1 is 1.14 bits per heavy atom. The van der Waals surface area contributed by atoms with E-state index in [-0.39, 0.29) is 0 Å². The number of benzene rings is 1. The van der Waals surface area contributed by atoms with E-state index in [1.807, 2.05) is 0 Å². The van der Waals surface area contributed by atoms with Crippen LogP contribution in [0.5, 0.6) is 0 Å². The van der Waals surface area contributed by atoms with Gasteiger partial charge in [-0.2, -0.15) is 18.4 Å². The van der Waals surface area contributed by atoms with Gasteiger partial charge >= 0.3 is 6.18 Å². The van der Waals surface area contributed by atoms with Gasteiger partial charge in [-0.15, -0.1) is 0 Å². The Morgan fingerprint density at radius 3 is 2.10 bits per heavy atom. The number of rotatable bonds is 4. The first-order valence-corrected chi connectivity index (χ1v) is 9.17. The number of nitrogens with zero attached hydrogens (tertiary/aromatic N) is 2. The van der Waals surface area contributed by atoms with Crippen LogP contribution in [0.1, 0.15) is 37.8 Å². The van der Waals surface area contributed by atoms with Crippen LogP contribution < -0.4 is 10.2 Å². The quantitative estimate of drug-likeness (QED) is 0.451. The van der Waals surface area contributed by atoms with Crippen LogP contribution in [-0.4, -0.2) is 37.3 Å². The highest BCUT2D eigenvalue weighted by molar-refractivity contribution is 6.14. The fourth-order valence-electron chi connectivity index (χ4n) is 3.08. The number of piperidine rings is 1. The van der Waals surface area contributed by atoms with Crippen molar-refractivity contribution in [3.8, 4) is 6.07 Å². The van der Waals surface area contributed by atoms with Gasteiger partial charge < -0.3 is 10.3 Å². The van der Waals surface area contributed by atoms with Crippen LogP contribution in [-0.2, 0) is 15.8 Å². The summed E-state index contributed by atoms with van der Waals surface area (Å²) in [6.45, 7) is 10.5. The second-order valence-electron chi connectivity index (χ2n) is 6.32. The van der Waals surface area contributed by atoms with Crippen molar-refractivity contribution in [1.82, 2.24) is 5.32 Å². The van der Waals surface area contributed by atoms with E-state index in [1.165, 1.54) is 31.6 Å². The Morgan fingerprint density at radius 2 is 1.69 bits per heavy atom. The highest BCUT2D eigenvalue weighted by Crippen LogP contribution is 2.41. The van der Waals surface area contributed by atoms with Crippen molar-refractivity contribution >= 4 is 17.7 Å². The van der Waals surface area contributed by atoms with Gasteiger partial charge in [0.1, 0.15) is 5.92 Å². The zero-order valence-corrected chi connectivity index (χ0v) is 16.4. The van der Waals surface area contributed by atoms with Gasteiger partial charge in [0.25, 0.3) is 5.91 Å². The summed E-state index contributed by atoms with van der Waals surface area (Å²) in [6.07, 6.45) is -4.74. The number of carbonyl (C=O) groups is 2. The summed E-state index contributed by atoms with van der Waals surface area (Å²) < 4.78 is 39.3. The predicted molar refractivity (Wildman–Crippen MR) is 101 cm³/mol. The minimum atomic E-state index is -4.74. The molecular weight excluding hydrogens is 385 g/mol. The molecule has 0 radical (unpaired) electrons. The van der Waals surface area contributed by atoms with E-state index in [1.54, 1.807) is 16.3 Å². The maximum Gasteiger partial charge on any atom is 0.416 e. The van der Waals surface area contributed by atoms with Crippen LogP contribution in [0.3, 0.4) is 0 Å². The third-order valence-corrected chi connectivity index (χ3v) is 4.77. The van der Waals surface area contributed by atoms with E-state index in [0.717, 1.165) is 18.2 Å². The molecule has 0 aromatic heterocycles. The van der Waals surface area contributed by atoms with E-state index in [0.29, 0.717) is 0 Å². The minimum Gasteiger partial charge on any atom is -0.763 e. The molecule has 2 amide bonds. The molecule has 6 nitrogen and oxygen atoms in total. The van der Waals surface area contributed by atoms with E-state index in [4.69, 9.17) is 10.7 Å². The number of alkyl halides is 3. The fraction of sp³-hybridized carbons (Fsp3) is 0.450. The smallest absolute Gasteiger partial charge is 0.416 e. The molecule has 1 aliphatic rings. The summed E-state index contributed by atoms with van der Waals surface area (Å²) in [6, 6.07) is 5.82. The SMILES string of the molecule is CC[NH+](CC)CC.N#CC1C(=O)NC(=O)C(=C=[N-])C1c1ccccc1C(F)(F)F. The highest BCUT2D eigenvalue weighted by atomic mass is 19.4. The van der Waals surface area contributed by atoms with Gasteiger partial charge in [0.05, 0.1) is 31.3 Å². The lowest BCUT2D eigenvalue weighted by atomic mass is 9.76. The summed E-state index contributed by atoms with van der Waals surface area (Å²) in [5.41, 5.74) is -2.13. The maximum absolute atomic E-state index is 13.1. The average molecular weight is 408 g/mol. The van der Waals surface area contributed by atoms with Gasteiger partial charge in [-0.05, 0) is 32.4 Å². The van der Waals surface area contributed by atoms with Crippen molar-refractivity contribution in [2.75, 3.05) is 19.6 Å². The lowest BCUT2D eigenvalue weighted by Crippen LogP contribution is -3.11. The topological polar surface area (TPSA) is 96.7 Å². The first-order valence-electron chi connectivity index (χ1n) is 9.17. The van der Waals surface area contributed by atoms with Crippen LogP contribution in [0.15, 0.2) is 29.8 Å². The number of amides is 2. The molecule has 1 fully saturated rings. The predicted octanol–water partition coefficient (Wildman–Crippen LogP) is 1.68. The van der Waals surface area contributed by atoms with Crippen LogP contribution in [0, 0.1) is 17.2 Å². The first kappa shape index (κ1) is 24.1. The van der Waals surface area contributed by atoms with E-state index < -0.39 is 46.5 Å². The van der Waals surface area contributed by atoms with Crippen molar-refractivity contribution in [2.24, 2.45) is 5.92 Å². The van der Waals surface area contributed by atoms with E-state index >= 15 is 0 Å². The molecule has 1 saturated heterocycles. The van der Waals surface area contributed by atoms with Crippen molar-refractivity contribution in [3.05, 3.63) is 46.4 Å². The molecule has 29 heavy (non-hydrogen) atoms. The molecule has 1 aliphatic heterocycles. The average Bonchev–Trinajstić information content (AvgIpc) is 2.68. The monoisotopic (exact) mass is 408 g/mol. The molecular formula is C20H23F3N4O2. The van der Waals surface area contributed by atoms with E-state index in [9.17, 15) is 22.8 Å². The minimum absolute atomic E-state index is 0.443. The van der Waals surface area contributed by atoms with Gasteiger partial charge in [-0.25, -0.2) is 0 Å². The number of nitrogens with one attached hydrogen (secondary N) is 2. The second-order valence-corrected chi connectivity index (χ2v) is 6.32. The molecule has 9 heteroatoms. The Labute approximate surface area is 167 Å². The molecule has 0 saturated carbocycles. The van der Waals surface area contributed by atoms with Gasteiger partial charge in [0, 0.05) is 11.5 Å². The fourth-order valence-corrected chi connectivity index (χ4v) is 3.08. The van der Waals surface area contributed by atoms with Crippen molar-refractivity contribution < 1.29 is 27.7 Å². The lowest BCUT2D eigenvalue weighted by Gasteiger charge is -2.30. The zero-order valence-electron chi connectivity index (χ0n) is 16.4. The first-order chi connectivity index (χ1) is 13.7. The number of hydrogen-bond acceptors (Lipinski definition) is 3. The van der Waals surface area contributed by atoms with Crippen LogP contribution >= 0.6 is 0 Å². The Balaban J connectivity index is 0.000000516. The van der Waals surface area contributed by atoms with Gasteiger partial charge in [0.2, 0.25) is 5.91 Å². The Hall–Kier alpha value is -2.95. The zero-order chi connectivity index (χ0) is 22.2. The summed E-state index contributed by atoms with van der Waals surface area (Å²) in [4.78, 5) is 25.0. The molecule has 2 N–H and O–H groups in total. The standard InChI is InChI=1S/C14H7F3N3O2.C6H15N/c15-14(16,17)10-4-2-1-3-7(10)11-8(5-18)12(21)20-13(22)9(11)6-19;1-4-7(5-2)6-3/h1-4,8,11H,(H,20,21,22);4-6H2,1-3H3/q-1;/p+1.